The van der Waals surface area contributed by atoms with Crippen molar-refractivity contribution in [3.63, 3.8) is 0 Å². The number of hydrogen-bond acceptors (Lipinski definition) is 4. The average Bonchev–Trinajstić information content (AvgIpc) is 2.65. The summed E-state index contributed by atoms with van der Waals surface area (Å²) >= 11 is 0. The Bertz CT molecular complexity index is 853. The molecule has 2 aromatic carbocycles. The van der Waals surface area contributed by atoms with Gasteiger partial charge in [0.2, 0.25) is 0 Å². The molecule has 0 saturated heterocycles. The lowest BCUT2D eigenvalue weighted by Crippen LogP contribution is -2.36. The van der Waals surface area contributed by atoms with E-state index in [1.165, 1.54) is 5.56 Å². The van der Waals surface area contributed by atoms with Gasteiger partial charge in [-0.15, -0.1) is 0 Å². The minimum Gasteiger partial charge on any atom is -0.368 e. The summed E-state index contributed by atoms with van der Waals surface area (Å²) in [5.74, 6) is 0.00136. The van der Waals surface area contributed by atoms with Crippen molar-refractivity contribution in [3.8, 4) is 0 Å². The number of para-hydroxylation sites is 1. The molecule has 1 N–H and O–H groups in total. The maximum atomic E-state index is 13.1. The van der Waals surface area contributed by atoms with E-state index in [-0.39, 0.29) is 6.04 Å². The Balaban J connectivity index is 1.82. The lowest BCUT2D eigenvalue weighted by Gasteiger charge is -2.25. The van der Waals surface area contributed by atoms with Gasteiger partial charge in [-0.3, -0.25) is 0 Å². The second-order valence-electron chi connectivity index (χ2n) is 6.44. The third-order valence-electron chi connectivity index (χ3n) is 4.37. The number of rotatable bonds is 7. The monoisotopic (exact) mass is 356 g/mol. The van der Waals surface area contributed by atoms with Crippen molar-refractivity contribution in [3.05, 3.63) is 66.0 Å². The SMILES string of the molecule is CN(C)C(CNc1nc(C(F)F)nc2ccccc12)Cc1ccccc1. The van der Waals surface area contributed by atoms with Crippen LogP contribution >= 0.6 is 0 Å². The molecule has 136 valence electrons. The first-order valence-electron chi connectivity index (χ1n) is 8.53. The van der Waals surface area contributed by atoms with Crippen molar-refractivity contribution in [2.24, 2.45) is 0 Å². The van der Waals surface area contributed by atoms with Crippen LogP contribution in [0.4, 0.5) is 14.6 Å². The van der Waals surface area contributed by atoms with Crippen LogP contribution in [0, 0.1) is 0 Å². The molecular formula is C20H22F2N4. The number of aromatic nitrogens is 2. The molecule has 1 aromatic heterocycles. The zero-order valence-electron chi connectivity index (χ0n) is 14.9. The van der Waals surface area contributed by atoms with E-state index in [9.17, 15) is 8.78 Å². The van der Waals surface area contributed by atoms with Crippen molar-refractivity contribution < 1.29 is 8.78 Å². The number of fused-ring (bicyclic) bond motifs is 1. The molecule has 4 nitrogen and oxygen atoms in total. The van der Waals surface area contributed by atoms with Gasteiger partial charge in [0.25, 0.3) is 6.43 Å². The van der Waals surface area contributed by atoms with Gasteiger partial charge >= 0.3 is 0 Å². The lowest BCUT2D eigenvalue weighted by atomic mass is 10.1. The number of benzene rings is 2. The van der Waals surface area contributed by atoms with Gasteiger partial charge in [0.15, 0.2) is 5.82 Å². The van der Waals surface area contributed by atoms with Crippen molar-refractivity contribution in [2.75, 3.05) is 26.0 Å². The number of anilines is 1. The van der Waals surface area contributed by atoms with Crippen molar-refractivity contribution in [1.29, 1.82) is 0 Å². The summed E-state index contributed by atoms with van der Waals surface area (Å²) < 4.78 is 26.3. The molecule has 6 heteroatoms. The Hall–Kier alpha value is -2.60. The van der Waals surface area contributed by atoms with Gasteiger partial charge in [0.05, 0.1) is 5.52 Å². The van der Waals surface area contributed by atoms with E-state index in [0.29, 0.717) is 17.9 Å². The summed E-state index contributed by atoms with van der Waals surface area (Å²) in [6, 6.07) is 17.6. The Kier molecular flexibility index (Phi) is 5.73. The van der Waals surface area contributed by atoms with Gasteiger partial charge in [0.1, 0.15) is 5.82 Å². The summed E-state index contributed by atoms with van der Waals surface area (Å²) in [5, 5.41) is 4.00. The number of hydrogen-bond donors (Lipinski definition) is 1. The fourth-order valence-electron chi connectivity index (χ4n) is 2.86. The first-order valence-corrected chi connectivity index (χ1v) is 8.53. The van der Waals surface area contributed by atoms with E-state index < -0.39 is 12.2 Å². The molecule has 26 heavy (non-hydrogen) atoms. The van der Waals surface area contributed by atoms with Crippen LogP contribution in [0.15, 0.2) is 54.6 Å². The summed E-state index contributed by atoms with van der Waals surface area (Å²) in [6.45, 7) is 0.589. The van der Waals surface area contributed by atoms with Gasteiger partial charge in [-0.1, -0.05) is 42.5 Å². The second-order valence-corrected chi connectivity index (χ2v) is 6.44. The third-order valence-corrected chi connectivity index (χ3v) is 4.37. The maximum absolute atomic E-state index is 13.1. The van der Waals surface area contributed by atoms with Crippen molar-refractivity contribution in [1.82, 2.24) is 14.9 Å². The molecule has 1 unspecified atom stereocenters. The fourth-order valence-corrected chi connectivity index (χ4v) is 2.86. The number of nitrogens with zero attached hydrogens (tertiary/aromatic N) is 3. The molecule has 0 aliphatic carbocycles. The standard InChI is InChI=1S/C20H22F2N4/c1-26(2)15(12-14-8-4-3-5-9-14)13-23-19-16-10-6-7-11-17(16)24-20(25-19)18(21)22/h3-11,15,18H,12-13H2,1-2H3,(H,23,24,25). The maximum Gasteiger partial charge on any atom is 0.297 e. The Morgan fingerprint density at radius 3 is 2.35 bits per heavy atom. The summed E-state index contributed by atoms with van der Waals surface area (Å²) in [5.41, 5.74) is 1.75. The molecule has 0 radical (unpaired) electrons. The molecule has 0 fully saturated rings. The van der Waals surface area contributed by atoms with Crippen LogP contribution in [0.1, 0.15) is 17.8 Å². The molecule has 3 rings (SSSR count). The molecule has 1 atom stereocenters. The third kappa shape index (κ3) is 4.32. The zero-order valence-corrected chi connectivity index (χ0v) is 14.9. The molecule has 0 bridgehead atoms. The van der Waals surface area contributed by atoms with Crippen LogP contribution in [0.25, 0.3) is 10.9 Å². The highest BCUT2D eigenvalue weighted by atomic mass is 19.3. The first-order chi connectivity index (χ1) is 12.5. The second kappa shape index (κ2) is 8.19. The van der Waals surface area contributed by atoms with Crippen LogP contribution < -0.4 is 5.32 Å². The van der Waals surface area contributed by atoms with E-state index in [1.54, 1.807) is 12.1 Å². The highest BCUT2D eigenvalue weighted by Gasteiger charge is 2.17. The predicted octanol–water partition coefficient (Wildman–Crippen LogP) is 4.15. The molecule has 1 heterocycles. The van der Waals surface area contributed by atoms with E-state index in [1.807, 2.05) is 44.4 Å². The Morgan fingerprint density at radius 1 is 0.962 bits per heavy atom. The van der Waals surface area contributed by atoms with Crippen LogP contribution in [-0.4, -0.2) is 41.5 Å². The summed E-state index contributed by atoms with van der Waals surface area (Å²) in [7, 11) is 4.02. The summed E-state index contributed by atoms with van der Waals surface area (Å²) in [6.07, 6.45) is -1.85. The van der Waals surface area contributed by atoms with Crippen LogP contribution in [0.3, 0.4) is 0 Å². The highest BCUT2D eigenvalue weighted by molar-refractivity contribution is 5.89. The van der Waals surface area contributed by atoms with E-state index in [2.05, 4.69) is 32.3 Å². The van der Waals surface area contributed by atoms with Crippen LogP contribution in [-0.2, 0) is 6.42 Å². The van der Waals surface area contributed by atoms with Crippen LogP contribution in [0.2, 0.25) is 0 Å². The van der Waals surface area contributed by atoms with E-state index >= 15 is 0 Å². The highest BCUT2D eigenvalue weighted by Crippen LogP contribution is 2.24. The Labute approximate surface area is 151 Å². The molecule has 3 aromatic rings. The van der Waals surface area contributed by atoms with Gasteiger partial charge in [-0.25, -0.2) is 18.7 Å². The van der Waals surface area contributed by atoms with Crippen molar-refractivity contribution in [2.45, 2.75) is 18.9 Å². The zero-order chi connectivity index (χ0) is 18.5. The largest absolute Gasteiger partial charge is 0.368 e. The molecule has 0 amide bonds. The molecule has 0 aliphatic heterocycles. The van der Waals surface area contributed by atoms with Gasteiger partial charge < -0.3 is 10.2 Å². The number of nitrogens with one attached hydrogen (secondary N) is 1. The fraction of sp³-hybridized carbons (Fsp3) is 0.300. The smallest absolute Gasteiger partial charge is 0.297 e. The molecule has 0 aliphatic rings. The molecule has 0 saturated carbocycles. The van der Waals surface area contributed by atoms with Gasteiger partial charge in [-0.2, -0.15) is 0 Å². The minimum atomic E-state index is -2.70. The topological polar surface area (TPSA) is 41.0 Å². The number of halogens is 2. The molecular weight excluding hydrogens is 334 g/mol. The number of alkyl halides is 2. The number of likely N-dealkylation sites (N-methyl/N-ethyl adjacent to an activating group) is 1. The predicted molar refractivity (Wildman–Crippen MR) is 101 cm³/mol. The van der Waals surface area contributed by atoms with Gasteiger partial charge in [-0.05, 0) is 38.2 Å². The molecule has 0 spiro atoms. The minimum absolute atomic E-state index is 0.195. The summed E-state index contributed by atoms with van der Waals surface area (Å²) in [4.78, 5) is 10.1. The van der Waals surface area contributed by atoms with Crippen LogP contribution in [0.5, 0.6) is 0 Å². The van der Waals surface area contributed by atoms with E-state index in [4.69, 9.17) is 0 Å². The average molecular weight is 356 g/mol. The quantitative estimate of drug-likeness (QED) is 0.690. The van der Waals surface area contributed by atoms with Crippen molar-refractivity contribution >= 4 is 16.7 Å². The van der Waals surface area contributed by atoms with E-state index in [0.717, 1.165) is 11.8 Å². The van der Waals surface area contributed by atoms with Gasteiger partial charge in [0, 0.05) is 18.0 Å². The first kappa shape index (κ1) is 18.2. The lowest BCUT2D eigenvalue weighted by molar-refractivity contribution is 0.141. The normalized spacial score (nSPS) is 12.7. The Morgan fingerprint density at radius 2 is 1.65 bits per heavy atom.